The van der Waals surface area contributed by atoms with Crippen LogP contribution in [0.1, 0.15) is 23.2 Å². The quantitative estimate of drug-likeness (QED) is 0.799. The van der Waals surface area contributed by atoms with Crippen LogP contribution in [-0.4, -0.2) is 61.3 Å². The molecule has 1 saturated heterocycles. The number of rotatable bonds is 5. The minimum absolute atomic E-state index is 0.310. The maximum Gasteiger partial charge on any atom is 0.329 e. The van der Waals surface area contributed by atoms with E-state index < -0.39 is 17.4 Å². The topological polar surface area (TPSA) is 119 Å². The lowest BCUT2D eigenvalue weighted by Gasteiger charge is -2.33. The van der Waals surface area contributed by atoms with Crippen molar-refractivity contribution in [2.45, 2.75) is 18.4 Å². The minimum atomic E-state index is -1.22. The summed E-state index contributed by atoms with van der Waals surface area (Å²) in [6.45, 7) is 0. The highest BCUT2D eigenvalue weighted by molar-refractivity contribution is 7.99. The number of methoxy groups -OCH3 is 1. The van der Waals surface area contributed by atoms with E-state index >= 15 is 0 Å². The molecule has 0 atom stereocenters. The lowest BCUT2D eigenvalue weighted by molar-refractivity contribution is -0.144. The van der Waals surface area contributed by atoms with Crippen LogP contribution < -0.4 is 10.1 Å². The number of tetrazole rings is 1. The number of hydrogen-bond acceptors (Lipinski definition) is 7. The molecular weight excluding hydrogens is 346 g/mol. The van der Waals surface area contributed by atoms with Gasteiger partial charge in [-0.15, -0.1) is 5.10 Å². The van der Waals surface area contributed by atoms with Crippen LogP contribution in [0.4, 0.5) is 0 Å². The highest BCUT2D eigenvalue weighted by Crippen LogP contribution is 2.28. The largest absolute Gasteiger partial charge is 0.494 e. The van der Waals surface area contributed by atoms with Crippen molar-refractivity contribution >= 4 is 23.6 Å². The van der Waals surface area contributed by atoms with Gasteiger partial charge >= 0.3 is 5.97 Å². The van der Waals surface area contributed by atoms with Crippen molar-refractivity contribution in [3.8, 4) is 11.4 Å². The van der Waals surface area contributed by atoms with Crippen LogP contribution in [-0.2, 0) is 4.79 Å². The van der Waals surface area contributed by atoms with Gasteiger partial charge in [-0.2, -0.15) is 16.4 Å². The maximum atomic E-state index is 12.7. The van der Waals surface area contributed by atoms with Crippen LogP contribution in [0.2, 0.25) is 0 Å². The van der Waals surface area contributed by atoms with Crippen LogP contribution in [0.3, 0.4) is 0 Å². The number of carbonyl (C=O) groups is 2. The van der Waals surface area contributed by atoms with Gasteiger partial charge in [0.2, 0.25) is 0 Å². The van der Waals surface area contributed by atoms with Crippen molar-refractivity contribution < 1.29 is 19.4 Å². The number of hydrogen-bond donors (Lipinski definition) is 2. The lowest BCUT2D eigenvalue weighted by Crippen LogP contribution is -2.56. The molecule has 1 aromatic carbocycles. The molecule has 0 spiro atoms. The smallest absolute Gasteiger partial charge is 0.329 e. The highest BCUT2D eigenvalue weighted by Gasteiger charge is 2.41. The monoisotopic (exact) mass is 363 g/mol. The van der Waals surface area contributed by atoms with Crippen molar-refractivity contribution in [3.05, 3.63) is 30.1 Å². The summed E-state index contributed by atoms with van der Waals surface area (Å²) < 4.78 is 6.64. The second-order valence-electron chi connectivity index (χ2n) is 5.59. The Morgan fingerprint density at radius 2 is 2.12 bits per heavy atom. The Kier molecular flexibility index (Phi) is 4.88. The van der Waals surface area contributed by atoms with Crippen molar-refractivity contribution in [3.63, 3.8) is 0 Å². The lowest BCUT2D eigenvalue weighted by atomic mass is 9.92. The third-order valence-electron chi connectivity index (χ3n) is 4.15. The van der Waals surface area contributed by atoms with Gasteiger partial charge in [0.15, 0.2) is 0 Å². The summed E-state index contributed by atoms with van der Waals surface area (Å²) >= 11 is 1.69. The van der Waals surface area contributed by atoms with Gasteiger partial charge in [0.1, 0.15) is 23.3 Å². The third kappa shape index (κ3) is 3.43. The molecule has 0 unspecified atom stereocenters. The molecule has 3 rings (SSSR count). The average molecular weight is 363 g/mol. The summed E-state index contributed by atoms with van der Waals surface area (Å²) in [5.74, 6) is 0.434. The van der Waals surface area contributed by atoms with Gasteiger partial charge in [0, 0.05) is 5.56 Å². The van der Waals surface area contributed by atoms with Gasteiger partial charge in [-0.25, -0.2) is 4.79 Å². The molecule has 2 N–H and O–H groups in total. The van der Waals surface area contributed by atoms with Gasteiger partial charge in [-0.05, 0) is 53.0 Å². The van der Waals surface area contributed by atoms with Crippen molar-refractivity contribution in [1.29, 1.82) is 0 Å². The number of aliphatic carboxylic acids is 1. The SMILES string of the molecule is COc1ccc(C(=O)NC2(C(=O)O)CCSCC2)cc1-n1cnnn1. The number of ether oxygens (including phenoxy) is 1. The zero-order valence-corrected chi connectivity index (χ0v) is 14.3. The van der Waals surface area contributed by atoms with Crippen LogP contribution in [0.25, 0.3) is 5.69 Å². The normalized spacial score (nSPS) is 16.2. The fourth-order valence-corrected chi connectivity index (χ4v) is 3.87. The molecule has 0 saturated carbocycles. The molecule has 10 heteroatoms. The molecule has 25 heavy (non-hydrogen) atoms. The first kappa shape index (κ1) is 17.2. The highest BCUT2D eigenvalue weighted by atomic mass is 32.2. The molecule has 0 aliphatic carbocycles. The van der Waals surface area contributed by atoms with Gasteiger partial charge in [0.25, 0.3) is 5.91 Å². The summed E-state index contributed by atoms with van der Waals surface area (Å²) in [4.78, 5) is 24.4. The van der Waals surface area contributed by atoms with Crippen molar-refractivity contribution in [2.24, 2.45) is 0 Å². The van der Waals surface area contributed by atoms with Gasteiger partial charge < -0.3 is 15.2 Å². The summed E-state index contributed by atoms with van der Waals surface area (Å²) in [5, 5.41) is 23.2. The fourth-order valence-electron chi connectivity index (χ4n) is 2.68. The second kappa shape index (κ2) is 7.09. The van der Waals surface area contributed by atoms with E-state index in [-0.39, 0.29) is 0 Å². The third-order valence-corrected chi connectivity index (χ3v) is 5.13. The average Bonchev–Trinajstić information content (AvgIpc) is 3.16. The molecular formula is C15H17N5O4S. The van der Waals surface area contributed by atoms with E-state index in [4.69, 9.17) is 4.74 Å². The first-order valence-electron chi connectivity index (χ1n) is 7.61. The van der Waals surface area contributed by atoms with Crippen molar-refractivity contribution in [1.82, 2.24) is 25.5 Å². The zero-order chi connectivity index (χ0) is 17.9. The number of aromatic nitrogens is 4. The number of carboxylic acid groups (broad SMARTS) is 1. The Labute approximate surface area is 147 Å². The molecule has 1 aliphatic rings. The summed E-state index contributed by atoms with van der Waals surface area (Å²) in [7, 11) is 1.50. The van der Waals surface area contributed by atoms with Crippen LogP contribution >= 0.6 is 11.8 Å². The first-order valence-corrected chi connectivity index (χ1v) is 8.76. The minimum Gasteiger partial charge on any atom is -0.494 e. The Balaban J connectivity index is 1.89. The van der Waals surface area contributed by atoms with Gasteiger partial charge in [-0.3, -0.25) is 4.79 Å². The number of amides is 1. The number of carbonyl (C=O) groups excluding carboxylic acids is 1. The number of nitrogens with zero attached hydrogens (tertiary/aromatic N) is 4. The predicted molar refractivity (Wildman–Crippen MR) is 90.1 cm³/mol. The summed E-state index contributed by atoms with van der Waals surface area (Å²) in [6, 6.07) is 4.77. The molecule has 1 fully saturated rings. The molecule has 1 aromatic heterocycles. The zero-order valence-electron chi connectivity index (χ0n) is 13.5. The van der Waals surface area contributed by atoms with E-state index in [9.17, 15) is 14.7 Å². The molecule has 2 heterocycles. The number of carboxylic acids is 1. The molecule has 0 radical (unpaired) electrons. The maximum absolute atomic E-state index is 12.7. The van der Waals surface area contributed by atoms with Crippen LogP contribution in [0.5, 0.6) is 5.75 Å². The molecule has 132 valence electrons. The van der Waals surface area contributed by atoms with E-state index in [1.807, 2.05) is 0 Å². The van der Waals surface area contributed by atoms with Crippen molar-refractivity contribution in [2.75, 3.05) is 18.6 Å². The predicted octanol–water partition coefficient (Wildman–Crippen LogP) is 0.751. The van der Waals surface area contributed by atoms with Crippen LogP contribution in [0, 0.1) is 0 Å². The van der Waals surface area contributed by atoms with Gasteiger partial charge in [-0.1, -0.05) is 0 Å². The fraction of sp³-hybridized carbons (Fsp3) is 0.400. The van der Waals surface area contributed by atoms with E-state index in [0.717, 1.165) is 0 Å². The molecule has 9 nitrogen and oxygen atoms in total. The first-order chi connectivity index (χ1) is 12.1. The summed E-state index contributed by atoms with van der Waals surface area (Å²) in [6.07, 6.45) is 2.18. The number of benzene rings is 1. The van der Waals surface area contributed by atoms with E-state index in [1.165, 1.54) is 18.1 Å². The van der Waals surface area contributed by atoms with Crippen LogP contribution in [0.15, 0.2) is 24.5 Å². The Morgan fingerprint density at radius 3 is 2.72 bits per heavy atom. The van der Waals surface area contributed by atoms with Gasteiger partial charge in [0.05, 0.1) is 7.11 Å². The summed E-state index contributed by atoms with van der Waals surface area (Å²) in [5.41, 5.74) is -0.425. The second-order valence-corrected chi connectivity index (χ2v) is 6.82. The molecule has 1 amide bonds. The Hall–Kier alpha value is -2.62. The molecule has 1 aliphatic heterocycles. The Bertz CT molecular complexity index is 774. The Morgan fingerprint density at radius 1 is 1.36 bits per heavy atom. The molecule has 0 bridgehead atoms. The number of nitrogens with one attached hydrogen (secondary N) is 1. The van der Waals surface area contributed by atoms with E-state index in [2.05, 4.69) is 20.8 Å². The van der Waals surface area contributed by atoms with E-state index in [1.54, 1.807) is 30.0 Å². The van der Waals surface area contributed by atoms with E-state index in [0.29, 0.717) is 41.3 Å². The molecule has 2 aromatic rings. The standard InChI is InChI=1S/C15H17N5O4S/c1-24-12-3-2-10(8-11(12)20-9-16-18-19-20)13(21)17-15(14(22)23)4-6-25-7-5-15/h2-3,8-9H,4-7H2,1H3,(H,17,21)(H,22,23). The number of thioether (sulfide) groups is 1.